The molecule has 0 bridgehead atoms. The highest BCUT2D eigenvalue weighted by atomic mass is 35.5. The third-order valence-corrected chi connectivity index (χ3v) is 5.84. The highest BCUT2D eigenvalue weighted by Gasteiger charge is 2.31. The number of halogens is 1. The summed E-state index contributed by atoms with van der Waals surface area (Å²) in [6, 6.07) is 28.5. The Hall–Kier alpha value is -2.49. The van der Waals surface area contributed by atoms with Gasteiger partial charge in [0.1, 0.15) is 17.6 Å². The van der Waals surface area contributed by atoms with Gasteiger partial charge in [0.15, 0.2) is 0 Å². The Morgan fingerprint density at radius 3 is 2.27 bits per heavy atom. The van der Waals surface area contributed by atoms with Crippen molar-refractivity contribution in [3.63, 3.8) is 0 Å². The molecule has 1 fully saturated rings. The van der Waals surface area contributed by atoms with E-state index in [2.05, 4.69) is 35.2 Å². The van der Waals surface area contributed by atoms with E-state index in [0.717, 1.165) is 49.0 Å². The largest absolute Gasteiger partial charge is 0.494 e. The van der Waals surface area contributed by atoms with Gasteiger partial charge in [-0.15, -0.1) is 0 Å². The Labute approximate surface area is 184 Å². The van der Waals surface area contributed by atoms with E-state index >= 15 is 0 Å². The first-order valence-corrected chi connectivity index (χ1v) is 11.0. The van der Waals surface area contributed by atoms with E-state index in [-0.39, 0.29) is 6.10 Å². The average molecular weight is 422 g/mol. The van der Waals surface area contributed by atoms with E-state index in [1.54, 1.807) is 0 Å². The fourth-order valence-corrected chi connectivity index (χ4v) is 4.17. The van der Waals surface area contributed by atoms with E-state index < -0.39 is 0 Å². The van der Waals surface area contributed by atoms with Crippen LogP contribution in [0.5, 0.6) is 11.5 Å². The lowest BCUT2D eigenvalue weighted by Crippen LogP contribution is -2.44. The first-order valence-electron chi connectivity index (χ1n) is 10.7. The lowest BCUT2D eigenvalue weighted by molar-refractivity contribution is 0.0750. The summed E-state index contributed by atoms with van der Waals surface area (Å²) in [5.74, 6) is 2.18. The summed E-state index contributed by atoms with van der Waals surface area (Å²) < 4.78 is 12.3. The van der Waals surface area contributed by atoms with E-state index in [9.17, 15) is 0 Å². The molecule has 0 aromatic heterocycles. The van der Waals surface area contributed by atoms with Crippen LogP contribution >= 0.6 is 11.6 Å². The predicted molar refractivity (Wildman–Crippen MR) is 123 cm³/mol. The second-order valence-corrected chi connectivity index (χ2v) is 8.17. The molecule has 1 aliphatic rings. The van der Waals surface area contributed by atoms with Crippen LogP contribution in [0, 0.1) is 0 Å². The molecule has 0 N–H and O–H groups in total. The van der Waals surface area contributed by atoms with Crippen LogP contribution in [0.2, 0.25) is 5.02 Å². The van der Waals surface area contributed by atoms with Crippen LogP contribution in [0.25, 0.3) is 0 Å². The van der Waals surface area contributed by atoms with E-state index in [0.29, 0.717) is 12.5 Å². The lowest BCUT2D eigenvalue weighted by Gasteiger charge is -2.39. The normalized spacial score (nSPS) is 19.4. The zero-order valence-electron chi connectivity index (χ0n) is 17.1. The maximum atomic E-state index is 6.40. The van der Waals surface area contributed by atoms with Crippen molar-refractivity contribution in [1.29, 1.82) is 0 Å². The topological polar surface area (TPSA) is 21.7 Å². The highest BCUT2D eigenvalue weighted by Crippen LogP contribution is 2.31. The number of hydrogen-bond donors (Lipinski definition) is 0. The van der Waals surface area contributed by atoms with Crippen LogP contribution in [0.3, 0.4) is 0 Å². The minimum absolute atomic E-state index is 0.191. The summed E-state index contributed by atoms with van der Waals surface area (Å²) in [4.78, 5) is 2.54. The van der Waals surface area contributed by atoms with Gasteiger partial charge in [0.25, 0.3) is 0 Å². The van der Waals surface area contributed by atoms with Gasteiger partial charge in [0, 0.05) is 30.6 Å². The third-order valence-electron chi connectivity index (χ3n) is 5.59. The van der Waals surface area contributed by atoms with Crippen LogP contribution in [0.15, 0.2) is 84.9 Å². The monoisotopic (exact) mass is 421 g/mol. The molecule has 30 heavy (non-hydrogen) atoms. The molecule has 4 heteroatoms. The summed E-state index contributed by atoms with van der Waals surface area (Å²) in [6.07, 6.45) is 2.21. The number of nitrogens with zero attached hydrogens (tertiary/aromatic N) is 1. The van der Waals surface area contributed by atoms with Crippen molar-refractivity contribution in [3.05, 3.63) is 95.5 Å². The van der Waals surface area contributed by atoms with Crippen molar-refractivity contribution in [2.45, 2.75) is 24.9 Å². The zero-order chi connectivity index (χ0) is 20.6. The van der Waals surface area contributed by atoms with Gasteiger partial charge in [-0.2, -0.15) is 0 Å². The molecule has 4 rings (SSSR count). The molecule has 1 saturated heterocycles. The van der Waals surface area contributed by atoms with E-state index in [4.69, 9.17) is 21.1 Å². The minimum atomic E-state index is 0.191. The maximum Gasteiger partial charge on any atom is 0.119 e. The number of likely N-dealkylation sites (tertiary alicyclic amines) is 1. The van der Waals surface area contributed by atoms with Gasteiger partial charge < -0.3 is 14.4 Å². The zero-order valence-corrected chi connectivity index (χ0v) is 17.9. The standard InChI is InChI=1S/C26H28ClNO2/c27-22-12-14-23(15-13-22)29-19-7-17-28-18-16-26(30-24-10-5-2-6-11-24)25(20-28)21-8-3-1-4-9-21/h1-6,8-15,25-26H,7,16-20H2/t25-,26-/m0/s1. The maximum absolute atomic E-state index is 6.40. The van der Waals surface area contributed by atoms with Crippen LogP contribution in [-0.4, -0.2) is 37.2 Å². The molecule has 1 heterocycles. The predicted octanol–water partition coefficient (Wildman–Crippen LogP) is 6.05. The number of para-hydroxylation sites is 1. The van der Waals surface area contributed by atoms with Gasteiger partial charge in [-0.1, -0.05) is 60.1 Å². The second kappa shape index (κ2) is 10.5. The van der Waals surface area contributed by atoms with Crippen LogP contribution in [0.4, 0.5) is 0 Å². The number of rotatable bonds is 8. The average Bonchev–Trinajstić information content (AvgIpc) is 2.80. The Morgan fingerprint density at radius 1 is 0.833 bits per heavy atom. The molecular weight excluding hydrogens is 394 g/mol. The SMILES string of the molecule is Clc1ccc(OCCCN2CC[C@H](Oc3ccccc3)[C@H](c3ccccc3)C2)cc1. The fraction of sp³-hybridized carbons (Fsp3) is 0.308. The minimum Gasteiger partial charge on any atom is -0.494 e. The number of hydrogen-bond acceptors (Lipinski definition) is 3. The Bertz CT molecular complexity index is 886. The van der Waals surface area contributed by atoms with Gasteiger partial charge in [0.05, 0.1) is 6.61 Å². The highest BCUT2D eigenvalue weighted by molar-refractivity contribution is 6.30. The molecule has 1 aliphatic heterocycles. The quantitative estimate of drug-likeness (QED) is 0.413. The molecule has 0 saturated carbocycles. The van der Waals surface area contributed by atoms with Crippen LogP contribution in [-0.2, 0) is 0 Å². The first kappa shape index (κ1) is 20.8. The van der Waals surface area contributed by atoms with Crippen molar-refractivity contribution in [2.24, 2.45) is 0 Å². The van der Waals surface area contributed by atoms with Gasteiger partial charge in [-0.05, 0) is 54.8 Å². The van der Waals surface area contributed by atoms with Gasteiger partial charge in [-0.25, -0.2) is 0 Å². The van der Waals surface area contributed by atoms with Crippen molar-refractivity contribution in [2.75, 3.05) is 26.2 Å². The molecule has 0 spiro atoms. The van der Waals surface area contributed by atoms with Crippen molar-refractivity contribution in [3.8, 4) is 11.5 Å². The van der Waals surface area contributed by atoms with Crippen LogP contribution in [0.1, 0.15) is 24.3 Å². The summed E-state index contributed by atoms with van der Waals surface area (Å²) >= 11 is 5.93. The second-order valence-electron chi connectivity index (χ2n) is 7.73. The molecule has 0 aliphatic carbocycles. The number of piperidine rings is 1. The van der Waals surface area contributed by atoms with E-state index in [1.807, 2.05) is 54.6 Å². The molecule has 0 unspecified atom stereocenters. The van der Waals surface area contributed by atoms with Crippen molar-refractivity contribution < 1.29 is 9.47 Å². The molecule has 3 aromatic carbocycles. The summed E-state index contributed by atoms with van der Waals surface area (Å²) in [7, 11) is 0. The van der Waals surface area contributed by atoms with Crippen molar-refractivity contribution >= 4 is 11.6 Å². The van der Waals surface area contributed by atoms with Crippen LogP contribution < -0.4 is 9.47 Å². The summed E-state index contributed by atoms with van der Waals surface area (Å²) in [5.41, 5.74) is 1.35. The fourth-order valence-electron chi connectivity index (χ4n) is 4.05. The molecule has 156 valence electrons. The summed E-state index contributed by atoms with van der Waals surface area (Å²) in [6.45, 7) is 3.78. The molecule has 0 radical (unpaired) electrons. The van der Waals surface area contributed by atoms with Gasteiger partial charge in [0.2, 0.25) is 0 Å². The smallest absolute Gasteiger partial charge is 0.119 e. The number of ether oxygens (including phenoxy) is 2. The number of benzene rings is 3. The molecular formula is C26H28ClNO2. The molecule has 3 nitrogen and oxygen atoms in total. The Balaban J connectivity index is 1.33. The lowest BCUT2D eigenvalue weighted by atomic mass is 9.87. The molecule has 3 aromatic rings. The Morgan fingerprint density at radius 2 is 1.53 bits per heavy atom. The first-order chi connectivity index (χ1) is 14.8. The van der Waals surface area contributed by atoms with Crippen molar-refractivity contribution in [1.82, 2.24) is 4.90 Å². The van der Waals surface area contributed by atoms with Gasteiger partial charge in [-0.3, -0.25) is 0 Å². The summed E-state index contributed by atoms with van der Waals surface area (Å²) in [5, 5.41) is 0.731. The van der Waals surface area contributed by atoms with Gasteiger partial charge >= 0.3 is 0 Å². The van der Waals surface area contributed by atoms with E-state index in [1.165, 1.54) is 5.56 Å². The molecule has 0 amide bonds. The third kappa shape index (κ3) is 5.78. The Kier molecular flexibility index (Phi) is 7.28. The molecule has 2 atom stereocenters.